The largest absolute Gasteiger partial charge is 0.497 e. The van der Waals surface area contributed by atoms with Gasteiger partial charge in [0.25, 0.3) is 0 Å². The summed E-state index contributed by atoms with van der Waals surface area (Å²) in [7, 11) is 3.36. The quantitative estimate of drug-likeness (QED) is 0.811. The van der Waals surface area contributed by atoms with Crippen molar-refractivity contribution in [2.75, 3.05) is 20.8 Å². The second-order valence-corrected chi connectivity index (χ2v) is 5.51. The topological polar surface area (TPSA) is 30.8 Å². The molecule has 0 N–H and O–H groups in total. The van der Waals surface area contributed by atoms with Crippen molar-refractivity contribution in [3.63, 3.8) is 0 Å². The predicted molar refractivity (Wildman–Crippen MR) is 93.9 cm³/mol. The molecule has 23 heavy (non-hydrogen) atoms. The van der Waals surface area contributed by atoms with E-state index in [1.807, 2.05) is 6.07 Å². The molecule has 1 aliphatic rings. The highest BCUT2D eigenvalue weighted by Crippen LogP contribution is 2.24. The van der Waals surface area contributed by atoms with Crippen molar-refractivity contribution in [3.8, 4) is 11.5 Å². The fourth-order valence-corrected chi connectivity index (χ4v) is 2.82. The molecular weight excluding hydrogens is 286 g/mol. The zero-order chi connectivity index (χ0) is 16.1. The number of rotatable bonds is 6. The molecule has 0 unspecified atom stereocenters. The molecule has 0 aromatic heterocycles. The molecule has 118 valence electrons. The third kappa shape index (κ3) is 3.62. The maximum absolute atomic E-state index is 5.35. The molecule has 0 atom stereocenters. The third-order valence-corrected chi connectivity index (χ3v) is 4.03. The zero-order valence-electron chi connectivity index (χ0n) is 13.6. The Labute approximate surface area is 137 Å². The van der Waals surface area contributed by atoms with Crippen LogP contribution in [0, 0.1) is 0 Å². The van der Waals surface area contributed by atoms with E-state index in [9.17, 15) is 0 Å². The maximum Gasteiger partial charge on any atom is 0.122 e. The predicted octanol–water partition coefficient (Wildman–Crippen LogP) is 3.85. The van der Waals surface area contributed by atoms with Crippen LogP contribution in [0.25, 0.3) is 0 Å². The van der Waals surface area contributed by atoms with Gasteiger partial charge in [0.1, 0.15) is 11.5 Å². The minimum absolute atomic E-state index is 0.788. The zero-order valence-corrected chi connectivity index (χ0v) is 13.6. The Morgan fingerprint density at radius 2 is 1.70 bits per heavy atom. The first kappa shape index (κ1) is 15.3. The van der Waals surface area contributed by atoms with Crippen LogP contribution in [0.4, 0.5) is 0 Å². The van der Waals surface area contributed by atoms with Gasteiger partial charge in [0.2, 0.25) is 0 Å². The molecule has 0 aliphatic carbocycles. The molecule has 0 bridgehead atoms. The summed E-state index contributed by atoms with van der Waals surface area (Å²) in [6.07, 6.45) is 6.09. The first-order valence-electron chi connectivity index (χ1n) is 7.81. The average Bonchev–Trinajstić information content (AvgIpc) is 3.14. The molecule has 0 amide bonds. The van der Waals surface area contributed by atoms with Gasteiger partial charge < -0.3 is 9.47 Å². The fourth-order valence-electron chi connectivity index (χ4n) is 2.82. The third-order valence-electron chi connectivity index (χ3n) is 4.03. The SMILES string of the molecule is COc1cc(CCc2ccccc2C2=NCC=C2)cc(OC)c1. The number of methoxy groups -OCH3 is 2. The summed E-state index contributed by atoms with van der Waals surface area (Å²) in [6, 6.07) is 14.5. The molecule has 3 nitrogen and oxygen atoms in total. The lowest BCUT2D eigenvalue weighted by Crippen LogP contribution is -2.02. The molecule has 2 aromatic carbocycles. The molecule has 3 rings (SSSR count). The van der Waals surface area contributed by atoms with E-state index >= 15 is 0 Å². The molecule has 0 spiro atoms. The molecule has 1 aliphatic heterocycles. The van der Waals surface area contributed by atoms with E-state index in [1.165, 1.54) is 16.7 Å². The molecule has 0 radical (unpaired) electrons. The molecule has 2 aromatic rings. The highest BCUT2D eigenvalue weighted by atomic mass is 16.5. The Hall–Kier alpha value is -2.55. The number of aliphatic imine (C=N–C) groups is 1. The van der Waals surface area contributed by atoms with Gasteiger partial charge >= 0.3 is 0 Å². The Balaban J connectivity index is 1.80. The van der Waals surface area contributed by atoms with Gasteiger partial charge in [-0.05, 0) is 42.2 Å². The lowest BCUT2D eigenvalue weighted by atomic mass is 9.97. The standard InChI is InChI=1S/C20H21NO2/c1-22-17-12-15(13-18(14-17)23-2)9-10-16-6-3-4-7-19(16)20-8-5-11-21-20/h3-8,12-14H,9-11H2,1-2H3. The lowest BCUT2D eigenvalue weighted by molar-refractivity contribution is 0.393. The van der Waals surface area contributed by atoms with Crippen LogP contribution in [-0.2, 0) is 12.8 Å². The number of hydrogen-bond acceptors (Lipinski definition) is 3. The highest BCUT2D eigenvalue weighted by molar-refractivity contribution is 6.10. The molecule has 0 saturated heterocycles. The van der Waals surface area contributed by atoms with E-state index in [1.54, 1.807) is 14.2 Å². The van der Waals surface area contributed by atoms with Crippen molar-refractivity contribution in [2.45, 2.75) is 12.8 Å². The Morgan fingerprint density at radius 1 is 0.957 bits per heavy atom. The number of aryl methyl sites for hydroxylation is 2. The van der Waals surface area contributed by atoms with E-state index < -0.39 is 0 Å². The first-order chi connectivity index (χ1) is 11.3. The van der Waals surface area contributed by atoms with Crippen molar-refractivity contribution in [1.82, 2.24) is 0 Å². The Bertz CT molecular complexity index is 725. The van der Waals surface area contributed by atoms with Crippen molar-refractivity contribution in [2.24, 2.45) is 4.99 Å². The normalized spacial score (nSPS) is 13.0. The van der Waals surface area contributed by atoms with Gasteiger partial charge in [0.05, 0.1) is 26.5 Å². The van der Waals surface area contributed by atoms with Crippen molar-refractivity contribution in [3.05, 3.63) is 71.3 Å². The van der Waals surface area contributed by atoms with Crippen molar-refractivity contribution >= 4 is 5.71 Å². The summed E-state index contributed by atoms with van der Waals surface area (Å²) in [5.41, 5.74) is 4.85. The molecule has 1 heterocycles. The minimum Gasteiger partial charge on any atom is -0.497 e. The van der Waals surface area contributed by atoms with Crippen LogP contribution in [0.2, 0.25) is 0 Å². The van der Waals surface area contributed by atoms with Crippen LogP contribution in [-0.4, -0.2) is 26.5 Å². The van der Waals surface area contributed by atoms with Crippen LogP contribution in [0.15, 0.2) is 59.6 Å². The van der Waals surface area contributed by atoms with Crippen LogP contribution >= 0.6 is 0 Å². The number of allylic oxidation sites excluding steroid dienone is 1. The van der Waals surface area contributed by atoms with E-state index in [4.69, 9.17) is 9.47 Å². The summed E-state index contributed by atoms with van der Waals surface area (Å²) in [6.45, 7) is 0.788. The van der Waals surface area contributed by atoms with Gasteiger partial charge in [0.15, 0.2) is 0 Å². The van der Waals surface area contributed by atoms with Gasteiger partial charge in [-0.25, -0.2) is 0 Å². The first-order valence-corrected chi connectivity index (χ1v) is 7.81. The fraction of sp³-hybridized carbons (Fsp3) is 0.250. The monoisotopic (exact) mass is 307 g/mol. The molecular formula is C20H21NO2. The smallest absolute Gasteiger partial charge is 0.122 e. The summed E-state index contributed by atoms with van der Waals surface area (Å²) >= 11 is 0. The van der Waals surface area contributed by atoms with Gasteiger partial charge in [-0.15, -0.1) is 0 Å². The van der Waals surface area contributed by atoms with Crippen LogP contribution in [0.1, 0.15) is 16.7 Å². The van der Waals surface area contributed by atoms with Gasteiger partial charge in [-0.2, -0.15) is 0 Å². The summed E-state index contributed by atoms with van der Waals surface area (Å²) < 4.78 is 10.7. The minimum atomic E-state index is 0.788. The van der Waals surface area contributed by atoms with E-state index in [2.05, 4.69) is 53.5 Å². The lowest BCUT2D eigenvalue weighted by Gasteiger charge is -2.11. The molecule has 0 saturated carbocycles. The van der Waals surface area contributed by atoms with Crippen LogP contribution < -0.4 is 9.47 Å². The van der Waals surface area contributed by atoms with Gasteiger partial charge in [-0.3, -0.25) is 4.99 Å². The number of ether oxygens (including phenoxy) is 2. The Kier molecular flexibility index (Phi) is 4.77. The number of nitrogens with zero attached hydrogens (tertiary/aromatic N) is 1. The van der Waals surface area contributed by atoms with E-state index in [-0.39, 0.29) is 0 Å². The van der Waals surface area contributed by atoms with Gasteiger partial charge in [-0.1, -0.05) is 30.3 Å². The highest BCUT2D eigenvalue weighted by Gasteiger charge is 2.09. The van der Waals surface area contributed by atoms with Crippen LogP contribution in [0.5, 0.6) is 11.5 Å². The van der Waals surface area contributed by atoms with Gasteiger partial charge in [0, 0.05) is 11.6 Å². The second-order valence-electron chi connectivity index (χ2n) is 5.51. The van der Waals surface area contributed by atoms with Crippen molar-refractivity contribution in [1.29, 1.82) is 0 Å². The maximum atomic E-state index is 5.35. The summed E-state index contributed by atoms with van der Waals surface area (Å²) in [5, 5.41) is 0. The summed E-state index contributed by atoms with van der Waals surface area (Å²) in [4.78, 5) is 4.54. The van der Waals surface area contributed by atoms with E-state index in [0.717, 1.165) is 36.6 Å². The van der Waals surface area contributed by atoms with Crippen LogP contribution in [0.3, 0.4) is 0 Å². The van der Waals surface area contributed by atoms with Crippen molar-refractivity contribution < 1.29 is 9.47 Å². The Morgan fingerprint density at radius 3 is 2.35 bits per heavy atom. The second kappa shape index (κ2) is 7.14. The number of benzene rings is 2. The average molecular weight is 307 g/mol. The molecule has 3 heteroatoms. The molecule has 0 fully saturated rings. The number of hydrogen-bond donors (Lipinski definition) is 0. The summed E-state index contributed by atoms with van der Waals surface area (Å²) in [5.74, 6) is 1.66. The van der Waals surface area contributed by atoms with E-state index in [0.29, 0.717) is 0 Å².